The van der Waals surface area contributed by atoms with Gasteiger partial charge in [0.2, 0.25) is 0 Å². The fraction of sp³-hybridized carbons (Fsp3) is 0. The SMILES string of the molecule is Nc1ccc(-c2cnc(Cl)c(N)c2)cn1. The van der Waals surface area contributed by atoms with Crippen LogP contribution in [0.5, 0.6) is 0 Å². The van der Waals surface area contributed by atoms with Crippen molar-refractivity contribution in [1.29, 1.82) is 0 Å². The average Bonchev–Trinajstić information content (AvgIpc) is 2.23. The highest BCUT2D eigenvalue weighted by atomic mass is 35.5. The van der Waals surface area contributed by atoms with Crippen molar-refractivity contribution in [1.82, 2.24) is 9.97 Å². The Morgan fingerprint density at radius 1 is 1.00 bits per heavy atom. The number of nitrogens with two attached hydrogens (primary N) is 2. The minimum Gasteiger partial charge on any atom is -0.396 e. The molecule has 76 valence electrons. The second-order valence-corrected chi connectivity index (χ2v) is 3.43. The van der Waals surface area contributed by atoms with E-state index in [2.05, 4.69) is 9.97 Å². The van der Waals surface area contributed by atoms with Gasteiger partial charge in [0.05, 0.1) is 5.69 Å². The lowest BCUT2D eigenvalue weighted by molar-refractivity contribution is 1.30. The van der Waals surface area contributed by atoms with Gasteiger partial charge in [-0.3, -0.25) is 0 Å². The zero-order valence-corrected chi connectivity index (χ0v) is 8.57. The monoisotopic (exact) mass is 220 g/mol. The molecule has 0 bridgehead atoms. The first-order valence-electron chi connectivity index (χ1n) is 4.30. The number of aromatic nitrogens is 2. The molecule has 2 aromatic rings. The van der Waals surface area contributed by atoms with Gasteiger partial charge in [-0.1, -0.05) is 11.6 Å². The second kappa shape index (κ2) is 3.74. The summed E-state index contributed by atoms with van der Waals surface area (Å²) in [5, 5.41) is 0.308. The van der Waals surface area contributed by atoms with Gasteiger partial charge in [0.1, 0.15) is 5.82 Å². The van der Waals surface area contributed by atoms with Crippen LogP contribution in [0.1, 0.15) is 0 Å². The van der Waals surface area contributed by atoms with E-state index in [9.17, 15) is 0 Å². The zero-order chi connectivity index (χ0) is 10.8. The maximum atomic E-state index is 5.72. The molecule has 0 saturated carbocycles. The largest absolute Gasteiger partial charge is 0.396 e. The van der Waals surface area contributed by atoms with Crippen LogP contribution in [0.25, 0.3) is 11.1 Å². The molecule has 5 heteroatoms. The number of halogens is 1. The van der Waals surface area contributed by atoms with E-state index in [1.165, 1.54) is 0 Å². The van der Waals surface area contributed by atoms with Gasteiger partial charge in [-0.15, -0.1) is 0 Å². The summed E-state index contributed by atoms with van der Waals surface area (Å²) in [6.45, 7) is 0. The minimum atomic E-state index is 0.308. The van der Waals surface area contributed by atoms with Gasteiger partial charge in [0, 0.05) is 23.5 Å². The Morgan fingerprint density at radius 2 is 1.73 bits per heavy atom. The highest BCUT2D eigenvalue weighted by Gasteiger charge is 2.02. The van der Waals surface area contributed by atoms with Gasteiger partial charge in [-0.05, 0) is 18.2 Å². The first-order chi connectivity index (χ1) is 7.16. The molecule has 0 aliphatic heterocycles. The molecule has 0 spiro atoms. The molecule has 0 fully saturated rings. The van der Waals surface area contributed by atoms with E-state index in [1.807, 2.05) is 6.07 Å². The summed E-state index contributed by atoms with van der Waals surface area (Å²) in [6, 6.07) is 5.33. The summed E-state index contributed by atoms with van der Waals surface area (Å²) < 4.78 is 0. The standard InChI is InChI=1S/C10H9ClN4/c11-10-8(12)3-7(5-15-10)6-1-2-9(13)14-4-6/h1-5H,12H2,(H2,13,14). The van der Waals surface area contributed by atoms with Crippen LogP contribution in [0, 0.1) is 0 Å². The Hall–Kier alpha value is -1.81. The first-order valence-corrected chi connectivity index (χ1v) is 4.67. The molecule has 0 unspecified atom stereocenters. The third-order valence-corrected chi connectivity index (χ3v) is 2.30. The van der Waals surface area contributed by atoms with Gasteiger partial charge in [0.25, 0.3) is 0 Å². The van der Waals surface area contributed by atoms with Crippen molar-refractivity contribution in [2.45, 2.75) is 0 Å². The van der Waals surface area contributed by atoms with Crippen LogP contribution in [0.4, 0.5) is 11.5 Å². The summed E-state index contributed by atoms with van der Waals surface area (Å²) in [7, 11) is 0. The molecule has 15 heavy (non-hydrogen) atoms. The van der Waals surface area contributed by atoms with Gasteiger partial charge in [-0.25, -0.2) is 9.97 Å². The van der Waals surface area contributed by atoms with Gasteiger partial charge >= 0.3 is 0 Å². The van der Waals surface area contributed by atoms with Gasteiger partial charge in [0.15, 0.2) is 5.15 Å². The third kappa shape index (κ3) is 1.99. The number of anilines is 2. The lowest BCUT2D eigenvalue weighted by Crippen LogP contribution is -1.92. The van der Waals surface area contributed by atoms with Crippen LogP contribution < -0.4 is 11.5 Å². The van der Waals surface area contributed by atoms with E-state index in [-0.39, 0.29) is 0 Å². The van der Waals surface area contributed by atoms with Gasteiger partial charge < -0.3 is 11.5 Å². The second-order valence-electron chi connectivity index (χ2n) is 3.08. The molecule has 2 heterocycles. The molecular weight excluding hydrogens is 212 g/mol. The highest BCUT2D eigenvalue weighted by molar-refractivity contribution is 6.31. The smallest absolute Gasteiger partial charge is 0.151 e. The summed E-state index contributed by atoms with van der Waals surface area (Å²) >= 11 is 5.72. The van der Waals surface area contributed by atoms with Crippen molar-refractivity contribution in [2.24, 2.45) is 0 Å². The van der Waals surface area contributed by atoms with Gasteiger partial charge in [-0.2, -0.15) is 0 Å². The van der Waals surface area contributed by atoms with Crippen LogP contribution in [-0.4, -0.2) is 9.97 Å². The van der Waals surface area contributed by atoms with E-state index < -0.39 is 0 Å². The van der Waals surface area contributed by atoms with E-state index in [0.717, 1.165) is 11.1 Å². The molecule has 4 N–H and O–H groups in total. The number of hydrogen-bond donors (Lipinski definition) is 2. The van der Waals surface area contributed by atoms with Crippen molar-refractivity contribution in [2.75, 3.05) is 11.5 Å². The lowest BCUT2D eigenvalue weighted by atomic mass is 10.1. The van der Waals surface area contributed by atoms with Crippen LogP contribution in [0.2, 0.25) is 5.15 Å². The summed E-state index contributed by atoms with van der Waals surface area (Å²) in [5.41, 5.74) is 13.4. The fourth-order valence-electron chi connectivity index (χ4n) is 1.20. The Kier molecular flexibility index (Phi) is 2.43. The molecule has 0 saturated heterocycles. The van der Waals surface area contributed by atoms with Crippen molar-refractivity contribution < 1.29 is 0 Å². The number of nitrogens with zero attached hydrogens (tertiary/aromatic N) is 2. The maximum Gasteiger partial charge on any atom is 0.151 e. The maximum absolute atomic E-state index is 5.72. The molecule has 2 aromatic heterocycles. The molecule has 0 amide bonds. The molecule has 0 aliphatic carbocycles. The Labute approximate surface area is 91.9 Å². The first kappa shape index (κ1) is 9.73. The fourth-order valence-corrected chi connectivity index (χ4v) is 1.30. The quantitative estimate of drug-likeness (QED) is 0.721. The van der Waals surface area contributed by atoms with Crippen molar-refractivity contribution in [3.63, 3.8) is 0 Å². The lowest BCUT2D eigenvalue weighted by Gasteiger charge is -2.03. The molecule has 0 aromatic carbocycles. The number of rotatable bonds is 1. The molecular formula is C10H9ClN4. The number of hydrogen-bond acceptors (Lipinski definition) is 4. The molecule has 0 aliphatic rings. The molecule has 4 nitrogen and oxygen atoms in total. The van der Waals surface area contributed by atoms with E-state index in [4.69, 9.17) is 23.1 Å². The van der Waals surface area contributed by atoms with Crippen molar-refractivity contribution >= 4 is 23.1 Å². The topological polar surface area (TPSA) is 77.8 Å². The summed E-state index contributed by atoms with van der Waals surface area (Å²) in [5.74, 6) is 0.480. The van der Waals surface area contributed by atoms with Crippen LogP contribution in [-0.2, 0) is 0 Å². The van der Waals surface area contributed by atoms with Crippen molar-refractivity contribution in [3.8, 4) is 11.1 Å². The normalized spacial score (nSPS) is 10.2. The average molecular weight is 221 g/mol. The van der Waals surface area contributed by atoms with E-state index in [0.29, 0.717) is 16.7 Å². The highest BCUT2D eigenvalue weighted by Crippen LogP contribution is 2.24. The molecule has 0 atom stereocenters. The van der Waals surface area contributed by atoms with Crippen LogP contribution in [0.15, 0.2) is 30.6 Å². The number of pyridine rings is 2. The van der Waals surface area contributed by atoms with Crippen molar-refractivity contribution in [3.05, 3.63) is 35.7 Å². The molecule has 0 radical (unpaired) electrons. The summed E-state index contributed by atoms with van der Waals surface area (Å²) in [6.07, 6.45) is 3.31. The summed E-state index contributed by atoms with van der Waals surface area (Å²) in [4.78, 5) is 7.94. The predicted octanol–water partition coefficient (Wildman–Crippen LogP) is 1.96. The Morgan fingerprint density at radius 3 is 2.33 bits per heavy atom. The predicted molar refractivity (Wildman–Crippen MR) is 61.3 cm³/mol. The van der Waals surface area contributed by atoms with E-state index in [1.54, 1.807) is 24.5 Å². The third-order valence-electron chi connectivity index (χ3n) is 1.99. The van der Waals surface area contributed by atoms with Crippen LogP contribution in [0.3, 0.4) is 0 Å². The minimum absolute atomic E-state index is 0.308. The number of nitrogen functional groups attached to an aromatic ring is 2. The van der Waals surface area contributed by atoms with E-state index >= 15 is 0 Å². The molecule has 2 rings (SSSR count). The van der Waals surface area contributed by atoms with Crippen LogP contribution >= 0.6 is 11.6 Å². The zero-order valence-electron chi connectivity index (χ0n) is 7.81. The Bertz CT molecular complexity index is 481. The Balaban J connectivity index is 2.45.